The van der Waals surface area contributed by atoms with Gasteiger partial charge in [-0.15, -0.1) is 0 Å². The SMILES string of the molecule is Cc1ccc(N(C)C2CCCc3cc(O)ccc32)cc1. The first-order valence-corrected chi connectivity index (χ1v) is 7.26. The Morgan fingerprint density at radius 1 is 1.10 bits per heavy atom. The summed E-state index contributed by atoms with van der Waals surface area (Å²) in [5, 5.41) is 9.65. The van der Waals surface area contributed by atoms with Gasteiger partial charge >= 0.3 is 0 Å². The predicted molar refractivity (Wildman–Crippen MR) is 83.4 cm³/mol. The molecule has 1 aliphatic rings. The van der Waals surface area contributed by atoms with Crippen molar-refractivity contribution in [1.29, 1.82) is 0 Å². The van der Waals surface area contributed by atoms with Crippen molar-refractivity contribution in [3.63, 3.8) is 0 Å². The van der Waals surface area contributed by atoms with Crippen LogP contribution in [0.25, 0.3) is 0 Å². The third-order valence-corrected chi connectivity index (χ3v) is 4.32. The second kappa shape index (κ2) is 5.20. The molecule has 0 amide bonds. The van der Waals surface area contributed by atoms with Gasteiger partial charge in [-0.25, -0.2) is 0 Å². The molecule has 0 aliphatic heterocycles. The van der Waals surface area contributed by atoms with Gasteiger partial charge in [-0.2, -0.15) is 0 Å². The Morgan fingerprint density at radius 3 is 2.60 bits per heavy atom. The van der Waals surface area contributed by atoms with Gasteiger partial charge in [0.25, 0.3) is 0 Å². The standard InChI is InChI=1S/C18H21NO/c1-13-6-8-15(9-7-13)19(2)18-5-3-4-14-12-16(20)10-11-17(14)18/h6-12,18,20H,3-5H2,1-2H3. The fourth-order valence-electron chi connectivity index (χ4n) is 3.14. The van der Waals surface area contributed by atoms with Gasteiger partial charge in [-0.05, 0) is 61.6 Å². The highest BCUT2D eigenvalue weighted by atomic mass is 16.3. The Kier molecular flexibility index (Phi) is 3.39. The van der Waals surface area contributed by atoms with Gasteiger partial charge in [-0.1, -0.05) is 23.8 Å². The maximum atomic E-state index is 9.65. The van der Waals surface area contributed by atoms with Crippen LogP contribution in [0.5, 0.6) is 5.75 Å². The van der Waals surface area contributed by atoms with Crippen LogP contribution >= 0.6 is 0 Å². The molecule has 0 bridgehead atoms. The second-order valence-corrected chi connectivity index (χ2v) is 5.74. The van der Waals surface area contributed by atoms with Crippen molar-refractivity contribution >= 4 is 5.69 Å². The molecule has 2 aromatic carbocycles. The summed E-state index contributed by atoms with van der Waals surface area (Å²) in [6, 6.07) is 14.9. The van der Waals surface area contributed by atoms with E-state index in [2.05, 4.69) is 49.2 Å². The van der Waals surface area contributed by atoms with Crippen molar-refractivity contribution in [2.24, 2.45) is 0 Å². The average Bonchev–Trinajstić information content (AvgIpc) is 2.46. The molecule has 2 nitrogen and oxygen atoms in total. The predicted octanol–water partition coefficient (Wildman–Crippen LogP) is 4.21. The van der Waals surface area contributed by atoms with E-state index in [1.165, 1.54) is 35.2 Å². The molecule has 2 heteroatoms. The highest BCUT2D eigenvalue weighted by Gasteiger charge is 2.24. The zero-order valence-electron chi connectivity index (χ0n) is 12.1. The average molecular weight is 267 g/mol. The first-order valence-electron chi connectivity index (χ1n) is 7.26. The molecule has 1 atom stereocenters. The Hall–Kier alpha value is -1.96. The lowest BCUT2D eigenvalue weighted by Crippen LogP contribution is -2.27. The van der Waals surface area contributed by atoms with Gasteiger partial charge in [0, 0.05) is 12.7 Å². The summed E-state index contributed by atoms with van der Waals surface area (Å²) in [6.07, 6.45) is 3.42. The Labute approximate surface area is 120 Å². The second-order valence-electron chi connectivity index (χ2n) is 5.74. The lowest BCUT2D eigenvalue weighted by Gasteiger charge is -2.35. The minimum Gasteiger partial charge on any atom is -0.508 e. The summed E-state index contributed by atoms with van der Waals surface area (Å²) < 4.78 is 0. The van der Waals surface area contributed by atoms with E-state index in [1.54, 1.807) is 6.07 Å². The highest BCUT2D eigenvalue weighted by Crippen LogP contribution is 2.37. The molecule has 1 unspecified atom stereocenters. The number of phenolic OH excluding ortho intramolecular Hbond substituents is 1. The van der Waals surface area contributed by atoms with E-state index in [9.17, 15) is 5.11 Å². The number of hydrogen-bond donors (Lipinski definition) is 1. The van der Waals surface area contributed by atoms with E-state index in [1.807, 2.05) is 6.07 Å². The molecule has 104 valence electrons. The van der Waals surface area contributed by atoms with E-state index in [4.69, 9.17) is 0 Å². The lowest BCUT2D eigenvalue weighted by atomic mass is 9.86. The van der Waals surface area contributed by atoms with Crippen LogP contribution in [0, 0.1) is 6.92 Å². The van der Waals surface area contributed by atoms with Gasteiger partial charge in [0.15, 0.2) is 0 Å². The van der Waals surface area contributed by atoms with Crippen molar-refractivity contribution in [1.82, 2.24) is 0 Å². The van der Waals surface area contributed by atoms with E-state index in [0.29, 0.717) is 11.8 Å². The number of phenols is 1. The Balaban J connectivity index is 1.93. The van der Waals surface area contributed by atoms with Crippen LogP contribution < -0.4 is 4.90 Å². The lowest BCUT2D eigenvalue weighted by molar-refractivity contribution is 0.470. The number of anilines is 1. The smallest absolute Gasteiger partial charge is 0.115 e. The van der Waals surface area contributed by atoms with Crippen LogP contribution in [0.15, 0.2) is 42.5 Å². The molecule has 0 radical (unpaired) electrons. The van der Waals surface area contributed by atoms with Crippen molar-refractivity contribution in [2.75, 3.05) is 11.9 Å². The topological polar surface area (TPSA) is 23.5 Å². The first kappa shape index (κ1) is 13.0. The third-order valence-electron chi connectivity index (χ3n) is 4.32. The summed E-state index contributed by atoms with van der Waals surface area (Å²) in [4.78, 5) is 2.36. The summed E-state index contributed by atoms with van der Waals surface area (Å²) in [6.45, 7) is 2.11. The zero-order valence-corrected chi connectivity index (χ0v) is 12.1. The largest absolute Gasteiger partial charge is 0.508 e. The number of aromatic hydroxyl groups is 1. The summed E-state index contributed by atoms with van der Waals surface area (Å²) in [5.41, 5.74) is 5.19. The van der Waals surface area contributed by atoms with Gasteiger partial charge in [0.2, 0.25) is 0 Å². The van der Waals surface area contributed by atoms with Crippen LogP contribution in [0.2, 0.25) is 0 Å². The van der Waals surface area contributed by atoms with Crippen molar-refractivity contribution in [3.8, 4) is 5.75 Å². The molecule has 0 aromatic heterocycles. The summed E-state index contributed by atoms with van der Waals surface area (Å²) in [7, 11) is 2.16. The molecule has 0 spiro atoms. The number of benzene rings is 2. The number of aryl methyl sites for hydroxylation is 2. The molecular weight excluding hydrogens is 246 g/mol. The normalized spacial score (nSPS) is 17.6. The molecule has 0 saturated heterocycles. The molecular formula is C18H21NO. The van der Waals surface area contributed by atoms with Crippen molar-refractivity contribution < 1.29 is 5.11 Å². The van der Waals surface area contributed by atoms with Gasteiger partial charge in [0.05, 0.1) is 6.04 Å². The van der Waals surface area contributed by atoms with Gasteiger partial charge < -0.3 is 10.0 Å². The van der Waals surface area contributed by atoms with Crippen LogP contribution in [0.1, 0.15) is 35.6 Å². The Morgan fingerprint density at radius 2 is 1.85 bits per heavy atom. The quantitative estimate of drug-likeness (QED) is 0.881. The van der Waals surface area contributed by atoms with Crippen molar-refractivity contribution in [2.45, 2.75) is 32.2 Å². The van der Waals surface area contributed by atoms with Gasteiger partial charge in [-0.3, -0.25) is 0 Å². The van der Waals surface area contributed by atoms with E-state index < -0.39 is 0 Å². The molecule has 2 aromatic rings. The van der Waals surface area contributed by atoms with E-state index >= 15 is 0 Å². The molecule has 1 aliphatic carbocycles. The van der Waals surface area contributed by atoms with Crippen LogP contribution in [-0.2, 0) is 6.42 Å². The highest BCUT2D eigenvalue weighted by molar-refractivity contribution is 5.51. The van der Waals surface area contributed by atoms with Crippen LogP contribution in [-0.4, -0.2) is 12.2 Å². The van der Waals surface area contributed by atoms with Crippen molar-refractivity contribution in [3.05, 3.63) is 59.2 Å². The fourth-order valence-corrected chi connectivity index (χ4v) is 3.14. The van der Waals surface area contributed by atoms with Crippen LogP contribution in [0.4, 0.5) is 5.69 Å². The maximum Gasteiger partial charge on any atom is 0.115 e. The Bertz CT molecular complexity index is 603. The van der Waals surface area contributed by atoms with Crippen LogP contribution in [0.3, 0.4) is 0 Å². The number of rotatable bonds is 2. The number of fused-ring (bicyclic) bond motifs is 1. The number of hydrogen-bond acceptors (Lipinski definition) is 2. The molecule has 0 saturated carbocycles. The monoisotopic (exact) mass is 267 g/mol. The van der Waals surface area contributed by atoms with Gasteiger partial charge in [0.1, 0.15) is 5.75 Å². The fraction of sp³-hybridized carbons (Fsp3) is 0.333. The third kappa shape index (κ3) is 2.38. The first-order chi connectivity index (χ1) is 9.65. The summed E-state index contributed by atoms with van der Waals surface area (Å²) in [5.74, 6) is 0.377. The molecule has 1 N–H and O–H groups in total. The molecule has 3 rings (SSSR count). The molecule has 20 heavy (non-hydrogen) atoms. The molecule has 0 heterocycles. The van der Waals surface area contributed by atoms with E-state index in [0.717, 1.165) is 6.42 Å². The zero-order chi connectivity index (χ0) is 14.1. The maximum absolute atomic E-state index is 9.65. The van der Waals surface area contributed by atoms with E-state index in [-0.39, 0.29) is 0 Å². The minimum absolute atomic E-state index is 0.377. The number of nitrogens with zero attached hydrogens (tertiary/aromatic N) is 1. The minimum atomic E-state index is 0.377. The molecule has 0 fully saturated rings. The summed E-state index contributed by atoms with van der Waals surface area (Å²) >= 11 is 0.